The largest absolute Gasteiger partial charge is 0.510 e. The van der Waals surface area contributed by atoms with Crippen LogP contribution in [0.1, 0.15) is 49.6 Å². The first kappa shape index (κ1) is 33.8. The Morgan fingerprint density at radius 1 is 1.32 bits per heavy atom. The Labute approximate surface area is 236 Å². The van der Waals surface area contributed by atoms with Gasteiger partial charge in [-0.1, -0.05) is 19.6 Å². The Kier molecular flexibility index (Phi) is 14.2. The first-order valence-electron chi connectivity index (χ1n) is 12.3. The molecule has 4 N–H and O–H groups in total. The number of hydrogen-bond acceptors (Lipinski definition) is 8. The summed E-state index contributed by atoms with van der Waals surface area (Å²) in [5.41, 5.74) is 10.0. The van der Waals surface area contributed by atoms with Crippen molar-refractivity contribution in [2.75, 3.05) is 33.0 Å². The normalized spacial score (nSPS) is 18.2. The lowest BCUT2D eigenvalue weighted by Crippen LogP contribution is -2.47. The molecule has 3 rings (SSSR count). The summed E-state index contributed by atoms with van der Waals surface area (Å²) in [6.07, 6.45) is 7.08. The fourth-order valence-corrected chi connectivity index (χ4v) is 4.32. The molecule has 4 radical (unpaired) electrons. The number of hydrogen-bond donors (Lipinski definition) is 4. The predicted molar refractivity (Wildman–Crippen MR) is 163 cm³/mol. The van der Waals surface area contributed by atoms with Crippen LogP contribution in [0.5, 0.6) is 5.75 Å². The molecule has 204 valence electrons. The van der Waals surface area contributed by atoms with E-state index in [0.717, 1.165) is 41.8 Å². The molecule has 10 heteroatoms. The second kappa shape index (κ2) is 16.0. The standard InChI is InChI=1S/C26H34B2N4O3.CH4S.CH4/c1-17-6-7-19(13-31-17)23(30-3)12-22(29)18-8-9-20(24(11-18)35-25(27)28)14-32-10-4-5-21(15-32)26(2,34)16-33;1-2;/h6-9,11-13,21,25,33-34H,4-5,10,14-16,29H2,1-3H3;2H,1H3;1H4/b22-12-,30-23?;;/t21?,26-;;/m1../s1. The lowest BCUT2D eigenvalue weighted by molar-refractivity contribution is -0.0697. The summed E-state index contributed by atoms with van der Waals surface area (Å²) in [5, 5.41) is 20.1. The minimum absolute atomic E-state index is 0. The summed E-state index contributed by atoms with van der Waals surface area (Å²) in [5.74, 6) is -0.440. The summed E-state index contributed by atoms with van der Waals surface area (Å²) in [7, 11) is 13.2. The lowest BCUT2D eigenvalue weighted by atomic mass is 9.82. The van der Waals surface area contributed by atoms with Gasteiger partial charge in [0, 0.05) is 66.2 Å². The van der Waals surface area contributed by atoms with E-state index in [1.54, 1.807) is 32.5 Å². The number of aromatic nitrogens is 1. The Morgan fingerprint density at radius 2 is 2.00 bits per heavy atom. The van der Waals surface area contributed by atoms with Gasteiger partial charge in [-0.15, -0.1) is 0 Å². The van der Waals surface area contributed by atoms with Crippen molar-refractivity contribution in [3.63, 3.8) is 0 Å². The third-order valence-electron chi connectivity index (χ3n) is 6.50. The average molecular weight is 536 g/mol. The summed E-state index contributed by atoms with van der Waals surface area (Å²) in [4.78, 5) is 10.9. The Balaban J connectivity index is 0.00000235. The Morgan fingerprint density at radius 3 is 2.58 bits per heavy atom. The van der Waals surface area contributed by atoms with E-state index in [9.17, 15) is 10.2 Å². The van der Waals surface area contributed by atoms with Crippen molar-refractivity contribution >= 4 is 39.7 Å². The zero-order valence-electron chi connectivity index (χ0n) is 22.3. The number of nitrogens with zero attached hydrogens (tertiary/aromatic N) is 3. The molecule has 1 aromatic heterocycles. The van der Waals surface area contributed by atoms with Crippen LogP contribution in [-0.2, 0) is 6.54 Å². The molecule has 1 aliphatic rings. The highest BCUT2D eigenvalue weighted by atomic mass is 32.1. The monoisotopic (exact) mass is 536 g/mol. The van der Waals surface area contributed by atoms with E-state index in [0.29, 0.717) is 30.2 Å². The van der Waals surface area contributed by atoms with E-state index < -0.39 is 11.5 Å². The number of thiol groups is 1. The number of ether oxygens (including phenoxy) is 1. The predicted octanol–water partition coefficient (Wildman–Crippen LogP) is 2.95. The van der Waals surface area contributed by atoms with Crippen molar-refractivity contribution in [1.82, 2.24) is 9.88 Å². The number of benzene rings is 1. The van der Waals surface area contributed by atoms with Gasteiger partial charge in [-0.2, -0.15) is 12.6 Å². The average Bonchev–Trinajstić information content (AvgIpc) is 2.89. The van der Waals surface area contributed by atoms with Crippen molar-refractivity contribution in [3.05, 3.63) is 65.0 Å². The van der Waals surface area contributed by atoms with E-state index in [-0.39, 0.29) is 20.0 Å². The van der Waals surface area contributed by atoms with Crippen molar-refractivity contribution in [1.29, 1.82) is 0 Å². The third kappa shape index (κ3) is 9.49. The number of aliphatic hydroxyl groups is 2. The van der Waals surface area contributed by atoms with Gasteiger partial charge in [0.05, 0.1) is 17.9 Å². The van der Waals surface area contributed by atoms with Crippen molar-refractivity contribution < 1.29 is 14.9 Å². The molecule has 0 aliphatic carbocycles. The molecular weight excluding hydrogens is 494 g/mol. The van der Waals surface area contributed by atoms with Crippen LogP contribution in [0.25, 0.3) is 5.70 Å². The highest BCUT2D eigenvalue weighted by Crippen LogP contribution is 2.30. The van der Waals surface area contributed by atoms with E-state index in [1.807, 2.05) is 37.3 Å². The second-order valence-corrected chi connectivity index (χ2v) is 9.39. The molecule has 2 atom stereocenters. The number of allylic oxidation sites excluding steroid dienone is 1. The van der Waals surface area contributed by atoms with Crippen molar-refractivity contribution in [2.24, 2.45) is 16.6 Å². The first-order valence-corrected chi connectivity index (χ1v) is 13.2. The number of aryl methyl sites for hydroxylation is 1. The molecular formula is C28H42B2N4O3S. The van der Waals surface area contributed by atoms with Gasteiger partial charge in [0.25, 0.3) is 0 Å². The minimum Gasteiger partial charge on any atom is -0.510 e. The van der Waals surface area contributed by atoms with E-state index in [1.165, 1.54) is 0 Å². The molecule has 1 aliphatic heterocycles. The Hall–Kier alpha value is -2.26. The van der Waals surface area contributed by atoms with Crippen molar-refractivity contribution in [2.45, 2.75) is 52.2 Å². The van der Waals surface area contributed by atoms with E-state index >= 15 is 0 Å². The van der Waals surface area contributed by atoms with Gasteiger partial charge in [-0.05, 0) is 63.8 Å². The molecule has 0 bridgehead atoms. The van der Waals surface area contributed by atoms with Gasteiger partial charge in [0.1, 0.15) is 21.4 Å². The summed E-state index contributed by atoms with van der Waals surface area (Å²) < 4.78 is 5.74. The van der Waals surface area contributed by atoms with Crippen LogP contribution in [0, 0.1) is 12.8 Å². The maximum absolute atomic E-state index is 10.5. The number of nitrogens with two attached hydrogens (primary N) is 1. The molecule has 0 saturated carbocycles. The van der Waals surface area contributed by atoms with Crippen LogP contribution in [0.4, 0.5) is 0 Å². The number of pyridine rings is 1. The number of piperidine rings is 1. The number of aliphatic imine (C=N–C) groups is 1. The molecule has 1 unspecified atom stereocenters. The summed E-state index contributed by atoms with van der Waals surface area (Å²) in [6.45, 7) is 5.52. The van der Waals surface area contributed by atoms with Crippen LogP contribution in [0.3, 0.4) is 0 Å². The first-order chi connectivity index (χ1) is 17.6. The maximum Gasteiger partial charge on any atom is 0.122 e. The fourth-order valence-electron chi connectivity index (χ4n) is 4.32. The highest BCUT2D eigenvalue weighted by molar-refractivity contribution is 7.79. The van der Waals surface area contributed by atoms with Gasteiger partial charge in [-0.25, -0.2) is 0 Å². The van der Waals surface area contributed by atoms with Gasteiger partial charge < -0.3 is 20.7 Å². The molecule has 1 fully saturated rings. The molecule has 1 saturated heterocycles. The van der Waals surface area contributed by atoms with Crippen LogP contribution in [0.15, 0.2) is 47.6 Å². The van der Waals surface area contributed by atoms with Gasteiger partial charge in [0.2, 0.25) is 0 Å². The number of likely N-dealkylation sites (tertiary alicyclic amines) is 1. The maximum atomic E-state index is 10.5. The third-order valence-corrected chi connectivity index (χ3v) is 6.50. The van der Waals surface area contributed by atoms with E-state index in [4.69, 9.17) is 26.2 Å². The molecule has 1 aromatic carbocycles. The Bertz CT molecular complexity index is 1060. The zero-order valence-corrected chi connectivity index (χ0v) is 23.2. The summed E-state index contributed by atoms with van der Waals surface area (Å²) >= 11 is 3.53. The number of rotatable bonds is 9. The number of aliphatic hydroxyl groups excluding tert-OH is 1. The zero-order chi connectivity index (χ0) is 27.6. The molecule has 2 aromatic rings. The molecule has 7 nitrogen and oxygen atoms in total. The summed E-state index contributed by atoms with van der Waals surface area (Å²) in [6, 6.07) is 9.61. The lowest BCUT2D eigenvalue weighted by Gasteiger charge is -2.39. The second-order valence-electron chi connectivity index (χ2n) is 9.39. The molecule has 38 heavy (non-hydrogen) atoms. The highest BCUT2D eigenvalue weighted by Gasteiger charge is 2.34. The quantitative estimate of drug-likeness (QED) is 0.223. The SMILES string of the molecule is C.CS.[B]C([B])Oc1cc(/C(N)=C/C(=NC)c2ccc(C)nc2)ccc1CN1CCCC([C@](C)(O)CO)C1. The molecule has 2 heterocycles. The molecule has 0 amide bonds. The van der Waals surface area contributed by atoms with Gasteiger partial charge in [-0.3, -0.25) is 14.9 Å². The van der Waals surface area contributed by atoms with Crippen LogP contribution >= 0.6 is 12.6 Å². The van der Waals surface area contributed by atoms with Gasteiger partial charge in [0.15, 0.2) is 0 Å². The fraction of sp³-hybridized carbons (Fsp3) is 0.500. The van der Waals surface area contributed by atoms with Crippen LogP contribution in [0.2, 0.25) is 0 Å². The van der Waals surface area contributed by atoms with Crippen LogP contribution in [-0.4, -0.2) is 86.0 Å². The smallest absolute Gasteiger partial charge is 0.122 e. The molecule has 0 spiro atoms. The van der Waals surface area contributed by atoms with Crippen molar-refractivity contribution in [3.8, 4) is 5.75 Å². The van der Waals surface area contributed by atoms with Gasteiger partial charge >= 0.3 is 0 Å². The van der Waals surface area contributed by atoms with E-state index in [2.05, 4.69) is 27.5 Å². The minimum atomic E-state index is -1.10. The van der Waals surface area contributed by atoms with Crippen LogP contribution < -0.4 is 10.5 Å². The topological polar surface area (TPSA) is 104 Å².